The van der Waals surface area contributed by atoms with Crippen molar-refractivity contribution in [2.45, 2.75) is 51.9 Å². The number of methoxy groups -OCH3 is 2. The summed E-state index contributed by atoms with van der Waals surface area (Å²) in [5, 5.41) is 0. The quantitative estimate of drug-likeness (QED) is 0.652. The molecule has 2 nitrogen and oxygen atoms in total. The topological polar surface area (TPSA) is 18.5 Å². The molecule has 0 spiro atoms. The lowest BCUT2D eigenvalue weighted by molar-refractivity contribution is 0.389. The number of benzene rings is 1. The number of unbranched alkanes of at least 4 members (excludes halogenated alkanes) is 2. The van der Waals surface area contributed by atoms with Gasteiger partial charge in [-0.2, -0.15) is 0 Å². The summed E-state index contributed by atoms with van der Waals surface area (Å²) in [6, 6.07) is 4.12. The number of rotatable bonds is 6. The van der Waals surface area contributed by atoms with Crippen molar-refractivity contribution in [2.75, 3.05) is 14.2 Å². The summed E-state index contributed by atoms with van der Waals surface area (Å²) in [5.74, 6) is 2.16. The van der Waals surface area contributed by atoms with E-state index in [-0.39, 0.29) is 0 Å². The summed E-state index contributed by atoms with van der Waals surface area (Å²) in [5.41, 5.74) is 4.04. The van der Waals surface area contributed by atoms with Crippen molar-refractivity contribution in [3.8, 4) is 11.5 Å². The molecule has 22 heavy (non-hydrogen) atoms. The van der Waals surface area contributed by atoms with Crippen LogP contribution >= 0.6 is 0 Å². The second-order valence-electron chi connectivity index (χ2n) is 6.00. The van der Waals surface area contributed by atoms with Crippen LogP contribution in [0.25, 0.3) is 0 Å². The highest BCUT2D eigenvalue weighted by Gasteiger charge is 2.18. The highest BCUT2D eigenvalue weighted by Crippen LogP contribution is 2.37. The summed E-state index contributed by atoms with van der Waals surface area (Å²) in [7, 11) is 3.44. The van der Waals surface area contributed by atoms with Crippen LogP contribution in [0.2, 0.25) is 0 Å². The smallest absolute Gasteiger partial charge is 0.126 e. The Kier molecular flexibility index (Phi) is 6.11. The van der Waals surface area contributed by atoms with E-state index >= 15 is 0 Å². The van der Waals surface area contributed by atoms with E-state index in [9.17, 15) is 0 Å². The molecule has 1 aromatic rings. The van der Waals surface area contributed by atoms with E-state index in [0.717, 1.165) is 17.9 Å². The molecule has 0 aromatic heterocycles. The van der Waals surface area contributed by atoms with E-state index in [1.54, 1.807) is 14.2 Å². The Morgan fingerprint density at radius 1 is 1.14 bits per heavy atom. The third-order valence-corrected chi connectivity index (χ3v) is 4.31. The standard InChI is InChI=1S/C20H28O2/c1-5-6-7-9-16-10-8-11-17-13-18(21-3)14-19(22-4)20(17)15(2)12-16/h8,10,12-15H,5-7,9,11H2,1-4H3. The van der Waals surface area contributed by atoms with Crippen LogP contribution in [0.1, 0.15) is 56.6 Å². The Morgan fingerprint density at radius 3 is 2.64 bits per heavy atom. The minimum absolute atomic E-state index is 0.359. The number of ether oxygens (including phenoxy) is 2. The Hall–Kier alpha value is -1.70. The highest BCUT2D eigenvalue weighted by atomic mass is 16.5. The van der Waals surface area contributed by atoms with Crippen molar-refractivity contribution in [2.24, 2.45) is 0 Å². The monoisotopic (exact) mass is 300 g/mol. The van der Waals surface area contributed by atoms with Gasteiger partial charge in [0.15, 0.2) is 0 Å². The van der Waals surface area contributed by atoms with Gasteiger partial charge in [0, 0.05) is 17.5 Å². The first-order valence-electron chi connectivity index (χ1n) is 8.31. The summed E-state index contributed by atoms with van der Waals surface area (Å²) in [6.07, 6.45) is 12.9. The van der Waals surface area contributed by atoms with Crippen LogP contribution in [0.15, 0.2) is 35.9 Å². The third kappa shape index (κ3) is 3.94. The Balaban J connectivity index is 2.33. The van der Waals surface area contributed by atoms with Crippen molar-refractivity contribution < 1.29 is 9.47 Å². The molecule has 0 fully saturated rings. The lowest BCUT2D eigenvalue weighted by atomic mass is 9.88. The zero-order chi connectivity index (χ0) is 15.9. The maximum atomic E-state index is 5.62. The molecule has 2 heteroatoms. The van der Waals surface area contributed by atoms with Crippen LogP contribution in [0.5, 0.6) is 11.5 Å². The van der Waals surface area contributed by atoms with Crippen LogP contribution in [0, 0.1) is 0 Å². The number of fused-ring (bicyclic) bond motifs is 1. The van der Waals surface area contributed by atoms with E-state index in [4.69, 9.17) is 9.47 Å². The van der Waals surface area contributed by atoms with Crippen LogP contribution in [-0.2, 0) is 6.42 Å². The van der Waals surface area contributed by atoms with Gasteiger partial charge >= 0.3 is 0 Å². The zero-order valence-electron chi connectivity index (χ0n) is 14.3. The van der Waals surface area contributed by atoms with Crippen molar-refractivity contribution in [3.63, 3.8) is 0 Å². The largest absolute Gasteiger partial charge is 0.497 e. The van der Waals surface area contributed by atoms with Crippen LogP contribution < -0.4 is 9.47 Å². The number of hydrogen-bond donors (Lipinski definition) is 0. The van der Waals surface area contributed by atoms with Crippen LogP contribution in [0.4, 0.5) is 0 Å². The fourth-order valence-electron chi connectivity index (χ4n) is 3.17. The van der Waals surface area contributed by atoms with E-state index in [1.165, 1.54) is 42.4 Å². The molecule has 0 radical (unpaired) electrons. The summed E-state index contributed by atoms with van der Waals surface area (Å²) >= 11 is 0. The van der Waals surface area contributed by atoms with Gasteiger partial charge in [-0.3, -0.25) is 0 Å². The van der Waals surface area contributed by atoms with Gasteiger partial charge in [-0.05, 0) is 30.9 Å². The van der Waals surface area contributed by atoms with E-state index < -0.39 is 0 Å². The Bertz CT molecular complexity index is 555. The SMILES string of the molecule is CCCCCC1=CC(C)c2c(cc(OC)cc2OC)CC=C1. The molecule has 2 rings (SSSR count). The molecule has 0 saturated heterocycles. The fraction of sp³-hybridized carbons (Fsp3) is 0.500. The predicted octanol–water partition coefficient (Wildman–Crippen LogP) is 5.43. The van der Waals surface area contributed by atoms with Crippen molar-refractivity contribution in [1.82, 2.24) is 0 Å². The maximum absolute atomic E-state index is 5.62. The molecule has 0 N–H and O–H groups in total. The van der Waals surface area contributed by atoms with Gasteiger partial charge in [0.2, 0.25) is 0 Å². The molecule has 1 aliphatic rings. The van der Waals surface area contributed by atoms with Gasteiger partial charge in [-0.25, -0.2) is 0 Å². The Morgan fingerprint density at radius 2 is 1.95 bits per heavy atom. The van der Waals surface area contributed by atoms with Gasteiger partial charge in [-0.15, -0.1) is 0 Å². The molecule has 120 valence electrons. The van der Waals surface area contributed by atoms with Gasteiger partial charge in [0.05, 0.1) is 14.2 Å². The summed E-state index contributed by atoms with van der Waals surface area (Å²) in [4.78, 5) is 0. The molecule has 0 amide bonds. The van der Waals surface area contributed by atoms with Gasteiger partial charge in [0.25, 0.3) is 0 Å². The second-order valence-corrected chi connectivity index (χ2v) is 6.00. The maximum Gasteiger partial charge on any atom is 0.126 e. The van der Waals surface area contributed by atoms with Crippen LogP contribution in [0.3, 0.4) is 0 Å². The molecule has 1 unspecified atom stereocenters. The van der Waals surface area contributed by atoms with Crippen molar-refractivity contribution >= 4 is 0 Å². The molecule has 0 bridgehead atoms. The fourth-order valence-corrected chi connectivity index (χ4v) is 3.17. The molecular formula is C20H28O2. The zero-order valence-corrected chi connectivity index (χ0v) is 14.3. The Labute approximate surface area is 134 Å². The van der Waals surface area contributed by atoms with E-state index in [0.29, 0.717) is 5.92 Å². The highest BCUT2D eigenvalue weighted by molar-refractivity contribution is 5.51. The van der Waals surface area contributed by atoms with Crippen molar-refractivity contribution in [1.29, 1.82) is 0 Å². The molecule has 0 aliphatic heterocycles. The molecule has 1 atom stereocenters. The summed E-state index contributed by atoms with van der Waals surface area (Å²) < 4.78 is 11.0. The molecule has 0 saturated carbocycles. The molecular weight excluding hydrogens is 272 g/mol. The average Bonchev–Trinajstić information content (AvgIpc) is 2.52. The van der Waals surface area contributed by atoms with E-state index in [1.807, 2.05) is 6.07 Å². The van der Waals surface area contributed by atoms with Gasteiger partial charge in [-0.1, -0.05) is 50.5 Å². The third-order valence-electron chi connectivity index (χ3n) is 4.31. The average molecular weight is 300 g/mol. The van der Waals surface area contributed by atoms with E-state index in [2.05, 4.69) is 38.1 Å². The first-order chi connectivity index (χ1) is 10.7. The number of allylic oxidation sites excluding steroid dienone is 4. The van der Waals surface area contributed by atoms with Gasteiger partial charge in [0.1, 0.15) is 11.5 Å². The normalized spacial score (nSPS) is 17.3. The molecule has 0 heterocycles. The predicted molar refractivity (Wildman–Crippen MR) is 93.0 cm³/mol. The molecule has 1 aliphatic carbocycles. The number of hydrogen-bond acceptors (Lipinski definition) is 2. The van der Waals surface area contributed by atoms with Crippen molar-refractivity contribution in [3.05, 3.63) is 47.1 Å². The lowest BCUT2D eigenvalue weighted by Crippen LogP contribution is -2.04. The van der Waals surface area contributed by atoms with Crippen LogP contribution in [-0.4, -0.2) is 14.2 Å². The first-order valence-corrected chi connectivity index (χ1v) is 8.31. The second kappa shape index (κ2) is 8.07. The minimum Gasteiger partial charge on any atom is -0.497 e. The first kappa shape index (κ1) is 16.7. The van der Waals surface area contributed by atoms with Gasteiger partial charge < -0.3 is 9.47 Å². The lowest BCUT2D eigenvalue weighted by Gasteiger charge is -2.21. The minimum atomic E-state index is 0.359. The summed E-state index contributed by atoms with van der Waals surface area (Å²) in [6.45, 7) is 4.51. The molecule has 1 aromatic carbocycles.